The Morgan fingerprint density at radius 2 is 1.92 bits per heavy atom. The topological polar surface area (TPSA) is 73.8 Å². The number of nitrogens with zero attached hydrogens (tertiary/aromatic N) is 7. The van der Waals surface area contributed by atoms with E-state index < -0.39 is 0 Å². The number of pyridine rings is 1. The van der Waals surface area contributed by atoms with Gasteiger partial charge in [0.25, 0.3) is 0 Å². The van der Waals surface area contributed by atoms with E-state index >= 15 is 0 Å². The van der Waals surface area contributed by atoms with Crippen LogP contribution in [0.3, 0.4) is 0 Å². The second kappa shape index (κ2) is 5.20. The Balaban J connectivity index is 1.74. The zero-order chi connectivity index (χ0) is 16.8. The zero-order valence-electron chi connectivity index (χ0n) is 13.4. The molecule has 5 rings (SSSR count). The van der Waals surface area contributed by atoms with E-state index in [1.165, 1.54) is 5.56 Å². The molecule has 25 heavy (non-hydrogen) atoms. The Bertz CT molecular complexity index is 1200. The van der Waals surface area contributed by atoms with Crippen LogP contribution in [0.4, 0.5) is 0 Å². The van der Waals surface area contributed by atoms with Gasteiger partial charge in [0.05, 0.1) is 17.3 Å². The average molecular weight is 327 g/mol. The Morgan fingerprint density at radius 3 is 2.76 bits per heavy atom. The van der Waals surface area contributed by atoms with Gasteiger partial charge in [-0.2, -0.15) is 5.10 Å². The Hall–Kier alpha value is -3.61. The molecule has 0 saturated heterocycles. The minimum atomic E-state index is 0.709. The molecule has 120 valence electrons. The van der Waals surface area contributed by atoms with Crippen LogP contribution >= 0.6 is 0 Å². The number of hydrogen-bond acceptors (Lipinski definition) is 5. The van der Waals surface area contributed by atoms with Crippen molar-refractivity contribution < 1.29 is 0 Å². The quantitative estimate of drug-likeness (QED) is 0.498. The van der Waals surface area contributed by atoms with Gasteiger partial charge in [0.15, 0.2) is 17.1 Å². The van der Waals surface area contributed by atoms with Crippen LogP contribution in [0.2, 0.25) is 0 Å². The van der Waals surface area contributed by atoms with Crippen molar-refractivity contribution in [2.24, 2.45) is 0 Å². The number of aromatic nitrogens is 7. The molecule has 0 aliphatic heterocycles. The molecular weight excluding hydrogens is 314 g/mol. The summed E-state index contributed by atoms with van der Waals surface area (Å²) in [6.07, 6.45) is 7.00. The standard InChI is InChI=1S/C18H13N7/c1-12-4-2-6-14(8-12)25-17-15(10-21-25)18-23-22-16(24(18)11-20-17)13-5-3-7-19-9-13/h2-11H,1H3. The Morgan fingerprint density at radius 1 is 0.960 bits per heavy atom. The Kier molecular flexibility index (Phi) is 2.87. The fourth-order valence-electron chi connectivity index (χ4n) is 2.96. The van der Waals surface area contributed by atoms with Gasteiger partial charge >= 0.3 is 0 Å². The summed E-state index contributed by atoms with van der Waals surface area (Å²) in [5.74, 6) is 0.709. The lowest BCUT2D eigenvalue weighted by molar-refractivity contribution is 0.892. The molecule has 0 atom stereocenters. The van der Waals surface area contributed by atoms with Gasteiger partial charge in [0.2, 0.25) is 0 Å². The summed E-state index contributed by atoms with van der Waals surface area (Å²) < 4.78 is 3.68. The van der Waals surface area contributed by atoms with Gasteiger partial charge in [-0.05, 0) is 36.8 Å². The summed E-state index contributed by atoms with van der Waals surface area (Å²) in [6, 6.07) is 12.0. The van der Waals surface area contributed by atoms with E-state index in [2.05, 4.69) is 44.3 Å². The highest BCUT2D eigenvalue weighted by molar-refractivity contribution is 5.90. The number of benzene rings is 1. The lowest BCUT2D eigenvalue weighted by atomic mass is 10.2. The lowest BCUT2D eigenvalue weighted by Crippen LogP contribution is -1.99. The molecule has 0 aliphatic rings. The van der Waals surface area contributed by atoms with Crippen LogP contribution in [0.5, 0.6) is 0 Å². The number of fused-ring (bicyclic) bond motifs is 3. The third-order valence-corrected chi connectivity index (χ3v) is 4.14. The number of hydrogen-bond donors (Lipinski definition) is 0. The maximum absolute atomic E-state index is 4.60. The third kappa shape index (κ3) is 2.09. The van der Waals surface area contributed by atoms with Gasteiger partial charge in [-0.1, -0.05) is 12.1 Å². The second-order valence-corrected chi connectivity index (χ2v) is 5.84. The van der Waals surface area contributed by atoms with E-state index in [-0.39, 0.29) is 0 Å². The molecule has 0 bridgehead atoms. The van der Waals surface area contributed by atoms with Crippen LogP contribution in [-0.2, 0) is 0 Å². The first kappa shape index (κ1) is 13.8. The van der Waals surface area contributed by atoms with Gasteiger partial charge in [-0.3, -0.25) is 9.38 Å². The molecule has 7 heteroatoms. The molecular formula is C18H13N7. The van der Waals surface area contributed by atoms with E-state index in [0.29, 0.717) is 5.82 Å². The summed E-state index contributed by atoms with van der Waals surface area (Å²) in [5, 5.41) is 14.0. The lowest BCUT2D eigenvalue weighted by Gasteiger charge is -2.04. The second-order valence-electron chi connectivity index (χ2n) is 5.84. The van der Waals surface area contributed by atoms with E-state index in [0.717, 1.165) is 27.9 Å². The summed E-state index contributed by atoms with van der Waals surface area (Å²) >= 11 is 0. The molecule has 7 nitrogen and oxygen atoms in total. The predicted octanol–water partition coefficient (Wildman–Crippen LogP) is 2.83. The third-order valence-electron chi connectivity index (χ3n) is 4.14. The SMILES string of the molecule is Cc1cccc(-n2ncc3c2ncn2c(-c4cccnc4)nnc32)c1. The van der Waals surface area contributed by atoms with Crippen LogP contribution in [0.25, 0.3) is 33.8 Å². The summed E-state index contributed by atoms with van der Waals surface area (Å²) in [6.45, 7) is 2.06. The van der Waals surface area contributed by atoms with Crippen LogP contribution in [0, 0.1) is 6.92 Å². The molecule has 0 amide bonds. The number of rotatable bonds is 2. The van der Waals surface area contributed by atoms with Crippen LogP contribution in [0.1, 0.15) is 5.56 Å². The Labute approximate surface area is 142 Å². The molecule has 5 aromatic rings. The first-order chi connectivity index (χ1) is 12.3. The molecule has 0 N–H and O–H groups in total. The highest BCUT2D eigenvalue weighted by Crippen LogP contribution is 2.23. The van der Waals surface area contributed by atoms with Gasteiger partial charge in [-0.15, -0.1) is 10.2 Å². The molecule has 0 saturated carbocycles. The van der Waals surface area contributed by atoms with E-state index in [1.54, 1.807) is 24.9 Å². The minimum Gasteiger partial charge on any atom is -0.264 e. The van der Waals surface area contributed by atoms with Crippen molar-refractivity contribution in [3.8, 4) is 17.1 Å². The van der Waals surface area contributed by atoms with E-state index in [9.17, 15) is 0 Å². The summed E-state index contributed by atoms with van der Waals surface area (Å²) in [4.78, 5) is 8.74. The summed E-state index contributed by atoms with van der Waals surface area (Å²) in [5.41, 5.74) is 4.51. The van der Waals surface area contributed by atoms with Crippen LogP contribution in [0.15, 0.2) is 61.3 Å². The first-order valence-corrected chi connectivity index (χ1v) is 7.86. The maximum Gasteiger partial charge on any atom is 0.175 e. The normalized spacial score (nSPS) is 11.4. The highest BCUT2D eigenvalue weighted by Gasteiger charge is 2.15. The van der Waals surface area contributed by atoms with Gasteiger partial charge in [-0.25, -0.2) is 9.67 Å². The maximum atomic E-state index is 4.60. The predicted molar refractivity (Wildman–Crippen MR) is 93.4 cm³/mol. The zero-order valence-corrected chi connectivity index (χ0v) is 13.4. The van der Waals surface area contributed by atoms with Gasteiger partial charge < -0.3 is 0 Å². The van der Waals surface area contributed by atoms with Crippen molar-refractivity contribution in [2.45, 2.75) is 6.92 Å². The van der Waals surface area contributed by atoms with Crippen LogP contribution < -0.4 is 0 Å². The van der Waals surface area contributed by atoms with Crippen LogP contribution in [-0.4, -0.2) is 34.3 Å². The molecule has 0 fully saturated rings. The largest absolute Gasteiger partial charge is 0.264 e. The van der Waals surface area contributed by atoms with Gasteiger partial charge in [0, 0.05) is 18.0 Å². The highest BCUT2D eigenvalue weighted by atomic mass is 15.3. The fraction of sp³-hybridized carbons (Fsp3) is 0.0556. The van der Waals surface area contributed by atoms with E-state index in [1.807, 2.05) is 33.3 Å². The molecule has 0 radical (unpaired) electrons. The average Bonchev–Trinajstić information content (AvgIpc) is 3.26. The monoisotopic (exact) mass is 327 g/mol. The molecule has 0 aliphatic carbocycles. The van der Waals surface area contributed by atoms with Gasteiger partial charge in [0.1, 0.15) is 6.33 Å². The molecule has 4 aromatic heterocycles. The summed E-state index contributed by atoms with van der Waals surface area (Å²) in [7, 11) is 0. The first-order valence-electron chi connectivity index (χ1n) is 7.86. The van der Waals surface area contributed by atoms with Crippen molar-refractivity contribution in [2.75, 3.05) is 0 Å². The molecule has 0 unspecified atom stereocenters. The van der Waals surface area contributed by atoms with Crippen molar-refractivity contribution in [3.05, 3.63) is 66.9 Å². The van der Waals surface area contributed by atoms with Crippen molar-refractivity contribution in [1.82, 2.24) is 34.3 Å². The van der Waals surface area contributed by atoms with Crippen molar-refractivity contribution >= 4 is 16.7 Å². The molecule has 1 aromatic carbocycles. The van der Waals surface area contributed by atoms with Crippen molar-refractivity contribution in [3.63, 3.8) is 0 Å². The number of aryl methyl sites for hydroxylation is 1. The fourth-order valence-corrected chi connectivity index (χ4v) is 2.96. The smallest absolute Gasteiger partial charge is 0.175 e. The molecule has 0 spiro atoms. The minimum absolute atomic E-state index is 0.709. The van der Waals surface area contributed by atoms with Crippen molar-refractivity contribution in [1.29, 1.82) is 0 Å². The van der Waals surface area contributed by atoms with E-state index in [4.69, 9.17) is 0 Å². The molecule has 4 heterocycles.